The first-order chi connectivity index (χ1) is 14.5. The summed E-state index contributed by atoms with van der Waals surface area (Å²) < 4.78 is 7.14. The number of thiophene rings is 1. The summed E-state index contributed by atoms with van der Waals surface area (Å²) in [6, 6.07) is 13.3. The van der Waals surface area contributed by atoms with Gasteiger partial charge in [0.05, 0.1) is 0 Å². The molecule has 0 bridgehead atoms. The fraction of sp³-hybridized carbons (Fsp3) is 0.261. The first-order valence-electron chi connectivity index (χ1n) is 9.71. The van der Waals surface area contributed by atoms with Gasteiger partial charge in [0.15, 0.2) is 6.61 Å². The number of carbonyl (C=O) groups excluding carboxylic acids is 3. The lowest BCUT2D eigenvalue weighted by atomic mass is 10.1. The number of Topliss-reactive ketones (excluding diaryl/α,β-unsaturated/α-hetero) is 1. The van der Waals surface area contributed by atoms with Gasteiger partial charge in [-0.05, 0) is 49.9 Å². The SMILES string of the molecule is Cc1cc(C(=O)COC(=O)CCCNC(=O)c2ccsc2)c(C)n1-c1ccccc1. The Bertz CT molecular complexity index is 1020. The van der Waals surface area contributed by atoms with Crippen LogP contribution in [0.3, 0.4) is 0 Å². The van der Waals surface area contributed by atoms with E-state index in [-0.39, 0.29) is 24.7 Å². The summed E-state index contributed by atoms with van der Waals surface area (Å²) >= 11 is 1.45. The Morgan fingerprint density at radius 2 is 1.87 bits per heavy atom. The van der Waals surface area contributed by atoms with Crippen molar-refractivity contribution in [3.63, 3.8) is 0 Å². The van der Waals surface area contributed by atoms with Crippen LogP contribution in [0.15, 0.2) is 53.2 Å². The number of amides is 1. The fourth-order valence-electron chi connectivity index (χ4n) is 3.25. The van der Waals surface area contributed by atoms with Crippen molar-refractivity contribution in [2.75, 3.05) is 13.2 Å². The Hall–Kier alpha value is -3.19. The normalized spacial score (nSPS) is 10.6. The van der Waals surface area contributed by atoms with E-state index in [9.17, 15) is 14.4 Å². The molecule has 0 fully saturated rings. The molecule has 2 aromatic heterocycles. The van der Waals surface area contributed by atoms with Crippen molar-refractivity contribution in [3.05, 3.63) is 75.7 Å². The monoisotopic (exact) mass is 424 g/mol. The molecule has 0 aliphatic carbocycles. The Kier molecular flexibility index (Phi) is 7.19. The second-order valence-electron chi connectivity index (χ2n) is 6.91. The summed E-state index contributed by atoms with van der Waals surface area (Å²) in [6.07, 6.45) is 0.589. The minimum absolute atomic E-state index is 0.139. The van der Waals surface area contributed by atoms with Crippen LogP contribution < -0.4 is 5.32 Å². The van der Waals surface area contributed by atoms with Crippen LogP contribution in [0.5, 0.6) is 0 Å². The molecule has 0 atom stereocenters. The number of nitrogens with one attached hydrogen (secondary N) is 1. The van der Waals surface area contributed by atoms with Crippen molar-refractivity contribution in [3.8, 4) is 5.69 Å². The first kappa shape index (κ1) is 21.5. The average molecular weight is 425 g/mol. The number of carbonyl (C=O) groups is 3. The Morgan fingerprint density at radius 1 is 1.10 bits per heavy atom. The Balaban J connectivity index is 1.46. The molecule has 1 aromatic carbocycles. The van der Waals surface area contributed by atoms with Crippen molar-refractivity contribution < 1.29 is 19.1 Å². The van der Waals surface area contributed by atoms with Crippen molar-refractivity contribution in [1.29, 1.82) is 0 Å². The largest absolute Gasteiger partial charge is 0.457 e. The van der Waals surface area contributed by atoms with Gasteiger partial charge >= 0.3 is 5.97 Å². The lowest BCUT2D eigenvalue weighted by molar-refractivity contribution is -0.142. The second kappa shape index (κ2) is 10.0. The standard InChI is InChI=1S/C23H24N2O4S/c1-16-13-20(17(2)25(16)19-7-4-3-5-8-19)21(26)14-29-22(27)9-6-11-24-23(28)18-10-12-30-15-18/h3-5,7-8,10,12-13,15H,6,9,11,14H2,1-2H3,(H,24,28). The van der Waals surface area contributed by atoms with Crippen LogP contribution in [0.2, 0.25) is 0 Å². The van der Waals surface area contributed by atoms with Gasteiger partial charge in [0, 0.05) is 46.5 Å². The van der Waals surface area contributed by atoms with Gasteiger partial charge in [0.1, 0.15) is 0 Å². The van der Waals surface area contributed by atoms with Crippen LogP contribution in [0, 0.1) is 13.8 Å². The van der Waals surface area contributed by atoms with Crippen LogP contribution in [-0.2, 0) is 9.53 Å². The van der Waals surface area contributed by atoms with Gasteiger partial charge in [0.2, 0.25) is 5.78 Å². The number of aromatic nitrogens is 1. The molecule has 30 heavy (non-hydrogen) atoms. The predicted molar refractivity (Wildman–Crippen MR) is 116 cm³/mol. The number of ether oxygens (including phenoxy) is 1. The highest BCUT2D eigenvalue weighted by Crippen LogP contribution is 2.21. The van der Waals surface area contributed by atoms with E-state index in [1.807, 2.05) is 60.2 Å². The molecule has 1 N–H and O–H groups in total. The molecule has 0 aliphatic rings. The van der Waals surface area contributed by atoms with Crippen LogP contribution >= 0.6 is 11.3 Å². The third-order valence-corrected chi connectivity index (χ3v) is 5.42. The van der Waals surface area contributed by atoms with Gasteiger partial charge in [-0.1, -0.05) is 18.2 Å². The Labute approximate surface area is 179 Å². The summed E-state index contributed by atoms with van der Waals surface area (Å²) in [5.74, 6) is -0.844. The van der Waals surface area contributed by atoms with Gasteiger partial charge in [-0.3, -0.25) is 14.4 Å². The van der Waals surface area contributed by atoms with Crippen LogP contribution in [-0.4, -0.2) is 35.4 Å². The van der Waals surface area contributed by atoms with Gasteiger partial charge in [-0.2, -0.15) is 11.3 Å². The lowest BCUT2D eigenvalue weighted by Crippen LogP contribution is -2.24. The molecule has 6 nitrogen and oxygen atoms in total. The molecule has 1 amide bonds. The van der Waals surface area contributed by atoms with Gasteiger partial charge in [-0.25, -0.2) is 0 Å². The van der Waals surface area contributed by atoms with Gasteiger partial charge in [-0.15, -0.1) is 0 Å². The number of benzene rings is 1. The highest BCUT2D eigenvalue weighted by molar-refractivity contribution is 7.08. The fourth-order valence-corrected chi connectivity index (χ4v) is 3.88. The zero-order valence-electron chi connectivity index (χ0n) is 17.0. The number of ketones is 1. The molecule has 2 heterocycles. The molecule has 0 saturated carbocycles. The number of rotatable bonds is 9. The maximum absolute atomic E-state index is 12.6. The predicted octanol–water partition coefficient (Wildman–Crippen LogP) is 4.09. The van der Waals surface area contributed by atoms with E-state index in [0.29, 0.717) is 24.1 Å². The number of hydrogen-bond donors (Lipinski definition) is 1. The summed E-state index contributed by atoms with van der Waals surface area (Å²) in [4.78, 5) is 36.3. The molecule has 3 rings (SSSR count). The summed E-state index contributed by atoms with van der Waals surface area (Å²) in [6.45, 7) is 3.90. The molecule has 0 saturated heterocycles. The maximum Gasteiger partial charge on any atom is 0.306 e. The van der Waals surface area contributed by atoms with E-state index < -0.39 is 5.97 Å². The topological polar surface area (TPSA) is 77.4 Å². The highest BCUT2D eigenvalue weighted by atomic mass is 32.1. The molecule has 7 heteroatoms. The number of hydrogen-bond acceptors (Lipinski definition) is 5. The first-order valence-corrected chi connectivity index (χ1v) is 10.6. The van der Waals surface area contributed by atoms with E-state index in [1.165, 1.54) is 11.3 Å². The zero-order chi connectivity index (χ0) is 21.5. The van der Waals surface area contributed by atoms with E-state index in [4.69, 9.17) is 4.74 Å². The summed E-state index contributed by atoms with van der Waals surface area (Å²) in [5.41, 5.74) is 3.90. The van der Waals surface area contributed by atoms with Gasteiger partial charge < -0.3 is 14.6 Å². The van der Waals surface area contributed by atoms with Crippen molar-refractivity contribution in [2.24, 2.45) is 0 Å². The van der Waals surface area contributed by atoms with E-state index in [0.717, 1.165) is 17.1 Å². The molecule has 0 radical (unpaired) electrons. The van der Waals surface area contributed by atoms with Crippen LogP contribution in [0.25, 0.3) is 5.69 Å². The molecule has 156 valence electrons. The third kappa shape index (κ3) is 5.24. The zero-order valence-corrected chi connectivity index (χ0v) is 17.8. The molecule has 0 unspecified atom stereocenters. The van der Waals surface area contributed by atoms with E-state index in [1.54, 1.807) is 11.4 Å². The number of nitrogens with zero attached hydrogens (tertiary/aromatic N) is 1. The van der Waals surface area contributed by atoms with Crippen molar-refractivity contribution in [2.45, 2.75) is 26.7 Å². The minimum atomic E-state index is -0.454. The minimum Gasteiger partial charge on any atom is -0.457 e. The summed E-state index contributed by atoms with van der Waals surface area (Å²) in [7, 11) is 0. The molecule has 3 aromatic rings. The number of esters is 1. The smallest absolute Gasteiger partial charge is 0.306 e. The molecular weight excluding hydrogens is 400 g/mol. The average Bonchev–Trinajstić information content (AvgIpc) is 3.38. The van der Waals surface area contributed by atoms with Crippen LogP contribution in [0.1, 0.15) is 44.9 Å². The van der Waals surface area contributed by atoms with Gasteiger partial charge in [0.25, 0.3) is 5.91 Å². The number of para-hydroxylation sites is 1. The summed E-state index contributed by atoms with van der Waals surface area (Å²) in [5, 5.41) is 6.36. The lowest BCUT2D eigenvalue weighted by Gasteiger charge is -2.09. The molecular formula is C23H24N2O4S. The number of aryl methyl sites for hydroxylation is 1. The van der Waals surface area contributed by atoms with Crippen molar-refractivity contribution >= 4 is 29.0 Å². The Morgan fingerprint density at radius 3 is 2.57 bits per heavy atom. The second-order valence-corrected chi connectivity index (χ2v) is 7.69. The third-order valence-electron chi connectivity index (χ3n) is 4.74. The van der Waals surface area contributed by atoms with Crippen molar-refractivity contribution in [1.82, 2.24) is 9.88 Å². The quantitative estimate of drug-likeness (QED) is 0.319. The molecule has 0 spiro atoms. The highest BCUT2D eigenvalue weighted by Gasteiger charge is 2.18. The van der Waals surface area contributed by atoms with Crippen LogP contribution in [0.4, 0.5) is 0 Å². The van der Waals surface area contributed by atoms with E-state index >= 15 is 0 Å². The van der Waals surface area contributed by atoms with E-state index in [2.05, 4.69) is 5.32 Å². The molecule has 0 aliphatic heterocycles. The maximum atomic E-state index is 12.6.